The molecule has 4 heteroatoms. The second-order valence-electron chi connectivity index (χ2n) is 3.31. The number of nitriles is 1. The molecule has 0 aromatic heterocycles. The predicted octanol–water partition coefficient (Wildman–Crippen LogP) is 1.40. The third-order valence-electron chi connectivity index (χ3n) is 2.18. The fourth-order valence-electron chi connectivity index (χ4n) is 1.50. The molecule has 0 atom stereocenters. The summed E-state index contributed by atoms with van der Waals surface area (Å²) < 4.78 is 4.79. The highest BCUT2D eigenvalue weighted by Crippen LogP contribution is 2.22. The molecule has 1 rings (SSSR count). The minimum absolute atomic E-state index is 0.0829. The highest BCUT2D eigenvalue weighted by atomic mass is 16.5. The average Bonchev–Trinajstić information content (AvgIpc) is 2.19. The summed E-state index contributed by atoms with van der Waals surface area (Å²) in [5.41, 5.74) is 7.15. The van der Waals surface area contributed by atoms with E-state index in [0.717, 1.165) is 12.8 Å². The largest absolute Gasteiger partial charge is 0.462 e. The van der Waals surface area contributed by atoms with E-state index in [1.165, 1.54) is 0 Å². The lowest BCUT2D eigenvalue weighted by molar-refractivity contribution is -0.138. The van der Waals surface area contributed by atoms with Gasteiger partial charge in [0.2, 0.25) is 0 Å². The zero-order chi connectivity index (χ0) is 11.3. The molecule has 4 nitrogen and oxygen atoms in total. The van der Waals surface area contributed by atoms with Gasteiger partial charge in [-0.1, -0.05) is 0 Å². The molecule has 0 aliphatic heterocycles. The minimum atomic E-state index is -0.555. The van der Waals surface area contributed by atoms with E-state index in [0.29, 0.717) is 17.7 Å². The molecule has 0 aromatic rings. The lowest BCUT2D eigenvalue weighted by Gasteiger charge is -2.12. The third kappa shape index (κ3) is 2.84. The quantitative estimate of drug-likeness (QED) is 0.421. The molecule has 0 amide bonds. The Hall–Kier alpha value is -1.76. The number of nitrogens with zero attached hydrogens (tertiary/aromatic N) is 1. The standard InChI is InChI=1S/C11H14N2O2/c1-2-15-11(14)10(7-12)8-4-3-5-9(13)6-8/h6H,2-5,13H2,1H3/b10-8+. The molecule has 0 spiro atoms. The molecular weight excluding hydrogens is 192 g/mol. The molecule has 0 saturated heterocycles. The van der Waals surface area contributed by atoms with Gasteiger partial charge >= 0.3 is 5.97 Å². The summed E-state index contributed by atoms with van der Waals surface area (Å²) in [5.74, 6) is -0.555. The maximum atomic E-state index is 11.4. The van der Waals surface area contributed by atoms with Gasteiger partial charge in [0.15, 0.2) is 0 Å². The molecule has 0 heterocycles. The van der Waals surface area contributed by atoms with Crippen LogP contribution in [0.3, 0.4) is 0 Å². The topological polar surface area (TPSA) is 76.1 Å². The first-order valence-electron chi connectivity index (χ1n) is 4.95. The lowest BCUT2D eigenvalue weighted by Crippen LogP contribution is -2.11. The van der Waals surface area contributed by atoms with Crippen molar-refractivity contribution < 1.29 is 9.53 Å². The van der Waals surface area contributed by atoms with E-state index in [1.807, 2.05) is 6.07 Å². The van der Waals surface area contributed by atoms with Crippen LogP contribution in [-0.4, -0.2) is 12.6 Å². The van der Waals surface area contributed by atoms with Crippen molar-refractivity contribution in [3.05, 3.63) is 22.9 Å². The van der Waals surface area contributed by atoms with E-state index in [9.17, 15) is 4.79 Å². The number of carbonyl (C=O) groups excluding carboxylic acids is 1. The monoisotopic (exact) mass is 206 g/mol. The van der Waals surface area contributed by atoms with Crippen LogP contribution in [0.4, 0.5) is 0 Å². The van der Waals surface area contributed by atoms with Crippen molar-refractivity contribution in [1.29, 1.82) is 5.26 Å². The van der Waals surface area contributed by atoms with Crippen molar-refractivity contribution in [3.63, 3.8) is 0 Å². The fourth-order valence-corrected chi connectivity index (χ4v) is 1.50. The van der Waals surface area contributed by atoms with Crippen LogP contribution in [0.1, 0.15) is 26.2 Å². The molecule has 80 valence electrons. The van der Waals surface area contributed by atoms with Crippen molar-refractivity contribution in [3.8, 4) is 6.07 Å². The maximum Gasteiger partial charge on any atom is 0.349 e. The highest BCUT2D eigenvalue weighted by Gasteiger charge is 2.17. The van der Waals surface area contributed by atoms with Crippen LogP contribution in [0.2, 0.25) is 0 Å². The van der Waals surface area contributed by atoms with Gasteiger partial charge in [0.05, 0.1) is 6.61 Å². The second-order valence-corrected chi connectivity index (χ2v) is 3.31. The Kier molecular flexibility index (Phi) is 3.92. The number of esters is 1. The van der Waals surface area contributed by atoms with Crippen LogP contribution in [0, 0.1) is 11.3 Å². The highest BCUT2D eigenvalue weighted by molar-refractivity contribution is 5.94. The van der Waals surface area contributed by atoms with E-state index in [1.54, 1.807) is 13.0 Å². The van der Waals surface area contributed by atoms with Gasteiger partial charge in [0.25, 0.3) is 0 Å². The summed E-state index contributed by atoms with van der Waals surface area (Å²) in [6.07, 6.45) is 4.12. The van der Waals surface area contributed by atoms with Crippen LogP contribution >= 0.6 is 0 Å². The predicted molar refractivity (Wildman–Crippen MR) is 55.4 cm³/mol. The smallest absolute Gasteiger partial charge is 0.349 e. The Bertz CT molecular complexity index is 361. The Morgan fingerprint density at radius 3 is 2.93 bits per heavy atom. The van der Waals surface area contributed by atoms with Crippen LogP contribution in [0.15, 0.2) is 22.9 Å². The zero-order valence-corrected chi connectivity index (χ0v) is 8.75. The van der Waals surface area contributed by atoms with Crippen LogP contribution < -0.4 is 5.73 Å². The van der Waals surface area contributed by atoms with Crippen molar-refractivity contribution in [2.24, 2.45) is 5.73 Å². The van der Waals surface area contributed by atoms with Crippen molar-refractivity contribution >= 4 is 5.97 Å². The first-order valence-corrected chi connectivity index (χ1v) is 4.95. The number of allylic oxidation sites excluding steroid dienone is 3. The van der Waals surface area contributed by atoms with Gasteiger partial charge in [-0.05, 0) is 37.8 Å². The lowest BCUT2D eigenvalue weighted by atomic mass is 9.95. The van der Waals surface area contributed by atoms with Crippen molar-refractivity contribution in [1.82, 2.24) is 0 Å². The Morgan fingerprint density at radius 2 is 2.40 bits per heavy atom. The number of rotatable bonds is 2. The molecule has 1 aliphatic rings. The van der Waals surface area contributed by atoms with Gasteiger partial charge in [0, 0.05) is 5.70 Å². The summed E-state index contributed by atoms with van der Waals surface area (Å²) in [7, 11) is 0. The molecule has 1 aliphatic carbocycles. The number of hydrogen-bond donors (Lipinski definition) is 1. The summed E-state index contributed by atoms with van der Waals surface area (Å²) >= 11 is 0. The molecule has 0 bridgehead atoms. The first-order chi connectivity index (χ1) is 7.19. The Labute approximate surface area is 89.0 Å². The van der Waals surface area contributed by atoms with Gasteiger partial charge in [0.1, 0.15) is 11.6 Å². The van der Waals surface area contributed by atoms with Crippen molar-refractivity contribution in [2.75, 3.05) is 6.61 Å². The number of nitrogens with two attached hydrogens (primary N) is 1. The third-order valence-corrected chi connectivity index (χ3v) is 2.18. The molecule has 0 radical (unpaired) electrons. The first kappa shape index (κ1) is 11.3. The average molecular weight is 206 g/mol. The SMILES string of the molecule is CCOC(=O)/C(C#N)=C1/C=C(N)CCC1. The van der Waals surface area contributed by atoms with Crippen molar-refractivity contribution in [2.45, 2.75) is 26.2 Å². The Morgan fingerprint density at radius 1 is 1.67 bits per heavy atom. The van der Waals surface area contributed by atoms with Gasteiger partial charge in [-0.25, -0.2) is 4.79 Å². The van der Waals surface area contributed by atoms with E-state index < -0.39 is 5.97 Å². The normalized spacial score (nSPS) is 18.8. The van der Waals surface area contributed by atoms with Gasteiger partial charge in [-0.15, -0.1) is 0 Å². The molecular formula is C11H14N2O2. The summed E-state index contributed by atoms with van der Waals surface area (Å²) in [6, 6.07) is 1.88. The van der Waals surface area contributed by atoms with Crippen LogP contribution in [-0.2, 0) is 9.53 Å². The summed E-state index contributed by atoms with van der Waals surface area (Å²) in [6.45, 7) is 1.99. The number of hydrogen-bond acceptors (Lipinski definition) is 4. The second kappa shape index (κ2) is 5.20. The Balaban J connectivity index is 2.98. The molecule has 0 saturated carbocycles. The number of ether oxygens (including phenoxy) is 1. The van der Waals surface area contributed by atoms with Crippen LogP contribution in [0.25, 0.3) is 0 Å². The van der Waals surface area contributed by atoms with E-state index in [-0.39, 0.29) is 12.2 Å². The summed E-state index contributed by atoms with van der Waals surface area (Å²) in [4.78, 5) is 11.4. The maximum absolute atomic E-state index is 11.4. The van der Waals surface area contributed by atoms with E-state index >= 15 is 0 Å². The van der Waals surface area contributed by atoms with Gasteiger partial charge < -0.3 is 10.5 Å². The van der Waals surface area contributed by atoms with E-state index in [2.05, 4.69) is 0 Å². The van der Waals surface area contributed by atoms with Gasteiger partial charge in [-0.3, -0.25) is 0 Å². The molecule has 0 fully saturated rings. The zero-order valence-electron chi connectivity index (χ0n) is 8.75. The number of carbonyl (C=O) groups is 1. The molecule has 2 N–H and O–H groups in total. The minimum Gasteiger partial charge on any atom is -0.462 e. The molecule has 0 unspecified atom stereocenters. The van der Waals surface area contributed by atoms with Gasteiger partial charge in [-0.2, -0.15) is 5.26 Å². The molecule has 0 aromatic carbocycles. The van der Waals surface area contributed by atoms with E-state index in [4.69, 9.17) is 15.7 Å². The molecule has 15 heavy (non-hydrogen) atoms. The summed E-state index contributed by atoms with van der Waals surface area (Å²) in [5, 5.41) is 8.88. The fraction of sp³-hybridized carbons (Fsp3) is 0.455. The van der Waals surface area contributed by atoms with Crippen LogP contribution in [0.5, 0.6) is 0 Å².